The lowest BCUT2D eigenvalue weighted by atomic mass is 10.1. The van der Waals surface area contributed by atoms with Gasteiger partial charge in [0, 0.05) is 5.69 Å². The maximum atomic E-state index is 12.8. The number of carboxylic acids is 1. The van der Waals surface area contributed by atoms with Crippen molar-refractivity contribution >= 4 is 23.5 Å². The number of aliphatic carboxylic acids is 1. The Kier molecular flexibility index (Phi) is 4.72. The van der Waals surface area contributed by atoms with Gasteiger partial charge in [-0.25, -0.2) is 4.79 Å². The molecule has 0 bridgehead atoms. The predicted octanol–water partition coefficient (Wildman–Crippen LogP) is 4.05. The highest BCUT2D eigenvalue weighted by molar-refractivity contribution is 6.26. The number of nitrogens with one attached hydrogen (secondary N) is 1. The number of anilines is 1. The quantitative estimate of drug-likeness (QED) is 0.623. The molecule has 0 saturated carbocycles. The zero-order valence-corrected chi connectivity index (χ0v) is 13.6. The van der Waals surface area contributed by atoms with Gasteiger partial charge < -0.3 is 15.2 Å². The number of rotatable bonds is 4. The van der Waals surface area contributed by atoms with E-state index in [0.717, 1.165) is 18.2 Å². The van der Waals surface area contributed by atoms with Gasteiger partial charge in [-0.15, -0.1) is 0 Å². The molecular weight excluding hydrogens is 363 g/mol. The summed E-state index contributed by atoms with van der Waals surface area (Å²) in [6.45, 7) is 0. The van der Waals surface area contributed by atoms with E-state index in [-0.39, 0.29) is 17.2 Å². The Morgan fingerprint density at radius 2 is 1.78 bits per heavy atom. The fraction of sp³-hybridized carbons (Fsp3) is 0.0526. The summed E-state index contributed by atoms with van der Waals surface area (Å²) < 4.78 is 43.7. The van der Waals surface area contributed by atoms with Gasteiger partial charge in [-0.1, -0.05) is 30.3 Å². The minimum Gasteiger partial charge on any atom is -0.477 e. The zero-order chi connectivity index (χ0) is 19.6. The van der Waals surface area contributed by atoms with Gasteiger partial charge in [0.2, 0.25) is 11.7 Å². The van der Waals surface area contributed by atoms with Crippen LogP contribution in [-0.2, 0) is 20.5 Å². The Labute approximate surface area is 151 Å². The van der Waals surface area contributed by atoms with E-state index in [2.05, 4.69) is 5.32 Å². The first-order valence-corrected chi connectivity index (χ1v) is 7.67. The van der Waals surface area contributed by atoms with Gasteiger partial charge >= 0.3 is 12.1 Å². The Hall–Kier alpha value is -3.55. The first-order chi connectivity index (χ1) is 12.8. The molecule has 1 heterocycles. The molecule has 1 aliphatic heterocycles. The van der Waals surface area contributed by atoms with Crippen molar-refractivity contribution in [3.05, 3.63) is 82.9 Å². The van der Waals surface area contributed by atoms with Crippen LogP contribution in [0, 0.1) is 0 Å². The average Bonchev–Trinajstić information content (AvgIpc) is 2.90. The number of ether oxygens (including phenoxy) is 1. The van der Waals surface area contributed by atoms with Crippen LogP contribution in [0.1, 0.15) is 11.1 Å². The maximum Gasteiger partial charge on any atom is 0.416 e. The van der Waals surface area contributed by atoms with Crippen LogP contribution in [0.15, 0.2) is 71.8 Å². The first kappa shape index (κ1) is 18.2. The molecule has 27 heavy (non-hydrogen) atoms. The van der Waals surface area contributed by atoms with E-state index in [1.54, 1.807) is 30.3 Å². The highest BCUT2D eigenvalue weighted by Gasteiger charge is 2.36. The highest BCUT2D eigenvalue weighted by Crippen LogP contribution is 2.31. The van der Waals surface area contributed by atoms with Crippen molar-refractivity contribution in [1.82, 2.24) is 0 Å². The van der Waals surface area contributed by atoms with Crippen LogP contribution in [0.2, 0.25) is 0 Å². The van der Waals surface area contributed by atoms with Crippen molar-refractivity contribution in [2.24, 2.45) is 0 Å². The van der Waals surface area contributed by atoms with E-state index in [9.17, 15) is 27.9 Å². The Morgan fingerprint density at radius 3 is 2.41 bits per heavy atom. The summed E-state index contributed by atoms with van der Waals surface area (Å²) in [7, 11) is 0. The number of halogens is 3. The molecule has 1 aliphatic rings. The molecule has 2 aromatic carbocycles. The molecule has 5 nitrogen and oxygen atoms in total. The van der Waals surface area contributed by atoms with Crippen LogP contribution in [0.25, 0.3) is 6.08 Å². The molecular formula is C19H12F3NO4. The number of benzene rings is 2. The summed E-state index contributed by atoms with van der Waals surface area (Å²) in [5, 5.41) is 12.0. The Morgan fingerprint density at radius 1 is 1.07 bits per heavy atom. The van der Waals surface area contributed by atoms with Gasteiger partial charge in [0.1, 0.15) is 0 Å². The van der Waals surface area contributed by atoms with Crippen molar-refractivity contribution in [2.75, 3.05) is 5.32 Å². The molecule has 2 N–H and O–H groups in total. The molecule has 0 radical (unpaired) electrons. The fourth-order valence-corrected chi connectivity index (χ4v) is 2.42. The largest absolute Gasteiger partial charge is 0.477 e. The van der Waals surface area contributed by atoms with E-state index >= 15 is 0 Å². The van der Waals surface area contributed by atoms with Crippen LogP contribution in [0.3, 0.4) is 0 Å². The van der Waals surface area contributed by atoms with E-state index in [1.807, 2.05) is 0 Å². The van der Waals surface area contributed by atoms with Gasteiger partial charge in [-0.05, 0) is 35.9 Å². The van der Waals surface area contributed by atoms with Crippen LogP contribution in [-0.4, -0.2) is 16.9 Å². The molecule has 0 atom stereocenters. The van der Waals surface area contributed by atoms with Crippen LogP contribution >= 0.6 is 0 Å². The van der Waals surface area contributed by atoms with E-state index in [1.165, 1.54) is 12.1 Å². The number of ketones is 1. The predicted molar refractivity (Wildman–Crippen MR) is 90.2 cm³/mol. The Bertz CT molecular complexity index is 962. The lowest BCUT2D eigenvalue weighted by molar-refractivity contribution is -0.137. The number of carbonyl (C=O) groups is 2. The van der Waals surface area contributed by atoms with Crippen molar-refractivity contribution in [1.29, 1.82) is 0 Å². The summed E-state index contributed by atoms with van der Waals surface area (Å²) in [6.07, 6.45) is -3.47. The van der Waals surface area contributed by atoms with Gasteiger partial charge in [0.15, 0.2) is 11.3 Å². The molecule has 138 valence electrons. The number of allylic oxidation sites excluding steroid dienone is 1. The molecule has 0 amide bonds. The molecule has 0 aromatic heterocycles. The first-order valence-electron chi connectivity index (χ1n) is 7.67. The van der Waals surface area contributed by atoms with Crippen molar-refractivity contribution in [3.63, 3.8) is 0 Å². The second-order valence-corrected chi connectivity index (χ2v) is 5.56. The number of para-hydroxylation sites is 1. The molecule has 2 aromatic rings. The standard InChI is InChI=1S/C19H12F3NO4/c20-19(21,22)12-6-4-5-11(9-12)10-14-16(24)15(18(25)26)17(27-14)23-13-7-2-1-3-8-13/h1-10,23H,(H,25,26)/b14-10-. The summed E-state index contributed by atoms with van der Waals surface area (Å²) in [6, 6.07) is 12.7. The molecule has 0 fully saturated rings. The minimum absolute atomic E-state index is 0.0545. The summed E-state index contributed by atoms with van der Waals surface area (Å²) in [4.78, 5) is 23.8. The van der Waals surface area contributed by atoms with Crippen molar-refractivity contribution < 1.29 is 32.6 Å². The van der Waals surface area contributed by atoms with Gasteiger partial charge in [-0.2, -0.15) is 13.2 Å². The molecule has 0 saturated heterocycles. The minimum atomic E-state index is -4.54. The normalized spacial score (nSPS) is 15.8. The van der Waals surface area contributed by atoms with E-state index in [0.29, 0.717) is 5.69 Å². The van der Waals surface area contributed by atoms with E-state index in [4.69, 9.17) is 4.74 Å². The number of carbonyl (C=O) groups excluding carboxylic acids is 1. The Balaban J connectivity index is 1.93. The summed E-state index contributed by atoms with van der Waals surface area (Å²) >= 11 is 0. The number of Topliss-reactive ketones (excluding diaryl/α,β-unsaturated/α-hetero) is 1. The van der Waals surface area contributed by atoms with Gasteiger partial charge in [0.25, 0.3) is 0 Å². The average molecular weight is 375 g/mol. The molecule has 8 heteroatoms. The number of hydrogen-bond acceptors (Lipinski definition) is 4. The number of alkyl halides is 3. The van der Waals surface area contributed by atoms with Gasteiger partial charge in [-0.3, -0.25) is 4.79 Å². The van der Waals surface area contributed by atoms with Crippen molar-refractivity contribution in [3.8, 4) is 0 Å². The number of carboxylic acid groups (broad SMARTS) is 1. The third-order valence-electron chi connectivity index (χ3n) is 3.65. The smallest absolute Gasteiger partial charge is 0.416 e. The number of hydrogen-bond donors (Lipinski definition) is 2. The highest BCUT2D eigenvalue weighted by atomic mass is 19.4. The van der Waals surface area contributed by atoms with Crippen LogP contribution in [0.5, 0.6) is 0 Å². The molecule has 3 rings (SSSR count). The lowest BCUT2D eigenvalue weighted by Crippen LogP contribution is -2.12. The maximum absolute atomic E-state index is 12.8. The SMILES string of the molecule is O=C(O)C1=C(Nc2ccccc2)O/C(=C\c2cccc(C(F)(F)F)c2)C1=O. The fourth-order valence-electron chi connectivity index (χ4n) is 2.42. The van der Waals surface area contributed by atoms with Crippen LogP contribution in [0.4, 0.5) is 18.9 Å². The molecule has 0 aliphatic carbocycles. The van der Waals surface area contributed by atoms with E-state index < -0.39 is 29.1 Å². The summed E-state index contributed by atoms with van der Waals surface area (Å²) in [5.74, 6) is -3.12. The summed E-state index contributed by atoms with van der Waals surface area (Å²) in [5.41, 5.74) is -0.980. The van der Waals surface area contributed by atoms with Crippen LogP contribution < -0.4 is 5.32 Å². The monoisotopic (exact) mass is 375 g/mol. The zero-order valence-electron chi connectivity index (χ0n) is 13.6. The van der Waals surface area contributed by atoms with Crippen molar-refractivity contribution in [2.45, 2.75) is 6.18 Å². The topological polar surface area (TPSA) is 75.6 Å². The second kappa shape index (κ2) is 6.99. The third-order valence-corrected chi connectivity index (χ3v) is 3.65. The molecule has 0 unspecified atom stereocenters. The lowest BCUT2D eigenvalue weighted by Gasteiger charge is -2.08. The third kappa shape index (κ3) is 4.00. The molecule has 0 spiro atoms. The van der Waals surface area contributed by atoms with Gasteiger partial charge in [0.05, 0.1) is 5.56 Å². The second-order valence-electron chi connectivity index (χ2n) is 5.56.